The number of carbonyl (C=O) groups is 2. The highest BCUT2D eigenvalue weighted by Gasteiger charge is 2.30. The summed E-state index contributed by atoms with van der Waals surface area (Å²) in [6.45, 7) is 0.112. The van der Waals surface area contributed by atoms with E-state index in [1.807, 2.05) is 0 Å². The van der Waals surface area contributed by atoms with Crippen molar-refractivity contribution in [3.05, 3.63) is 39.9 Å². The highest BCUT2D eigenvalue weighted by molar-refractivity contribution is 9.09. The first-order valence-electron chi connectivity index (χ1n) is 5.67. The summed E-state index contributed by atoms with van der Waals surface area (Å²) in [7, 11) is 0. The number of alkyl halides is 1. The average molecular weight is 346 g/mol. The summed E-state index contributed by atoms with van der Waals surface area (Å²) in [5.74, 6) is -3.72. The number of halogens is 1. The molecular weight excluding hydrogens is 334 g/mol. The van der Waals surface area contributed by atoms with E-state index < -0.39 is 22.8 Å². The molecule has 0 amide bonds. The molecule has 108 valence electrons. The molecule has 1 aromatic carbocycles. The summed E-state index contributed by atoms with van der Waals surface area (Å²) >= 11 is 3.16. The topological polar surface area (TPSA) is 107 Å². The highest BCUT2D eigenvalue weighted by atomic mass is 79.9. The Morgan fingerprint density at radius 3 is 2.40 bits per heavy atom. The number of carbonyl (C=O) groups excluding carboxylic acids is 1. The van der Waals surface area contributed by atoms with Crippen LogP contribution in [0.4, 0.5) is 5.69 Å². The first kappa shape index (κ1) is 16.1. The van der Waals surface area contributed by atoms with E-state index in [4.69, 9.17) is 9.84 Å². The summed E-state index contributed by atoms with van der Waals surface area (Å²) in [5, 5.41) is 20.2. The molecule has 0 aliphatic heterocycles. The van der Waals surface area contributed by atoms with Crippen LogP contribution >= 0.6 is 15.9 Å². The van der Waals surface area contributed by atoms with Gasteiger partial charge in [0.2, 0.25) is 0 Å². The van der Waals surface area contributed by atoms with Gasteiger partial charge in [0.15, 0.2) is 5.92 Å². The molecule has 0 aliphatic carbocycles. The first-order valence-corrected chi connectivity index (χ1v) is 6.79. The zero-order valence-corrected chi connectivity index (χ0v) is 11.9. The summed E-state index contributed by atoms with van der Waals surface area (Å²) < 4.78 is 4.85. The Bertz CT molecular complexity index is 501. The number of non-ortho nitro benzene ring substituents is 1. The van der Waals surface area contributed by atoms with Gasteiger partial charge in [-0.1, -0.05) is 28.1 Å². The van der Waals surface area contributed by atoms with E-state index in [9.17, 15) is 19.7 Å². The van der Waals surface area contributed by atoms with Crippen molar-refractivity contribution in [2.45, 2.75) is 12.3 Å². The lowest BCUT2D eigenvalue weighted by Gasteiger charge is -2.12. The standard InChI is InChI=1S/C12H12BrNO6/c13-6-1-7-20-12(17)10(11(15)16)8-2-4-9(5-3-8)14(18)19/h2-5,10H,1,6-7H2,(H,15,16). The SMILES string of the molecule is O=C(O)C(C(=O)OCCCBr)c1ccc([N+](=O)[O-])cc1. The minimum absolute atomic E-state index is 0.112. The fraction of sp³-hybridized carbons (Fsp3) is 0.333. The number of ether oxygens (including phenoxy) is 1. The van der Waals surface area contributed by atoms with E-state index in [1.54, 1.807) is 0 Å². The third-order valence-corrected chi connectivity index (χ3v) is 3.00. The Hall–Kier alpha value is -1.96. The van der Waals surface area contributed by atoms with Crippen LogP contribution in [0.5, 0.6) is 0 Å². The average Bonchev–Trinajstić information content (AvgIpc) is 2.39. The van der Waals surface area contributed by atoms with E-state index in [2.05, 4.69) is 15.9 Å². The van der Waals surface area contributed by atoms with Gasteiger partial charge < -0.3 is 9.84 Å². The van der Waals surface area contributed by atoms with Gasteiger partial charge in [-0.25, -0.2) is 0 Å². The number of carboxylic acids is 1. The van der Waals surface area contributed by atoms with Crippen molar-refractivity contribution in [3.63, 3.8) is 0 Å². The van der Waals surface area contributed by atoms with Crippen LogP contribution in [-0.4, -0.2) is 33.9 Å². The number of aliphatic carboxylic acids is 1. The number of rotatable bonds is 7. The van der Waals surface area contributed by atoms with Crippen LogP contribution < -0.4 is 0 Å². The predicted molar refractivity (Wildman–Crippen MR) is 72.8 cm³/mol. The summed E-state index contributed by atoms with van der Waals surface area (Å²) in [6.07, 6.45) is 0.568. The fourth-order valence-electron chi connectivity index (χ4n) is 1.48. The van der Waals surface area contributed by atoms with Crippen molar-refractivity contribution in [2.75, 3.05) is 11.9 Å². The maximum atomic E-state index is 11.7. The molecule has 0 radical (unpaired) electrons. The van der Waals surface area contributed by atoms with Gasteiger partial charge in [0.25, 0.3) is 5.69 Å². The predicted octanol–water partition coefficient (Wildman–Crippen LogP) is 2.09. The zero-order chi connectivity index (χ0) is 15.1. The molecule has 0 spiro atoms. The van der Waals surface area contributed by atoms with Crippen LogP contribution in [0.25, 0.3) is 0 Å². The van der Waals surface area contributed by atoms with Gasteiger partial charge in [-0.15, -0.1) is 0 Å². The lowest BCUT2D eigenvalue weighted by atomic mass is 9.99. The van der Waals surface area contributed by atoms with Crippen LogP contribution in [0, 0.1) is 10.1 Å². The molecule has 0 bridgehead atoms. The molecule has 1 rings (SSSR count). The third-order valence-electron chi connectivity index (χ3n) is 2.44. The maximum Gasteiger partial charge on any atom is 0.324 e. The fourth-order valence-corrected chi connectivity index (χ4v) is 1.71. The molecule has 8 heteroatoms. The summed E-state index contributed by atoms with van der Waals surface area (Å²) in [4.78, 5) is 32.8. The van der Waals surface area contributed by atoms with Crippen LogP contribution in [0.3, 0.4) is 0 Å². The maximum absolute atomic E-state index is 11.7. The van der Waals surface area contributed by atoms with Gasteiger partial charge in [-0.05, 0) is 12.0 Å². The number of nitro benzene ring substituents is 1. The Kier molecular flexibility index (Phi) is 6.10. The van der Waals surface area contributed by atoms with Crippen molar-refractivity contribution in [1.82, 2.24) is 0 Å². The van der Waals surface area contributed by atoms with Gasteiger partial charge in [-0.3, -0.25) is 19.7 Å². The molecule has 0 aromatic heterocycles. The minimum Gasteiger partial charge on any atom is -0.480 e. The molecule has 1 N–H and O–H groups in total. The first-order chi connectivity index (χ1) is 9.47. The lowest BCUT2D eigenvalue weighted by Crippen LogP contribution is -2.24. The van der Waals surface area contributed by atoms with Crippen molar-refractivity contribution in [2.24, 2.45) is 0 Å². The summed E-state index contributed by atoms with van der Waals surface area (Å²) in [6, 6.07) is 4.78. The number of benzene rings is 1. The molecule has 7 nitrogen and oxygen atoms in total. The highest BCUT2D eigenvalue weighted by Crippen LogP contribution is 2.21. The van der Waals surface area contributed by atoms with Crippen LogP contribution in [0.2, 0.25) is 0 Å². The van der Waals surface area contributed by atoms with E-state index in [0.29, 0.717) is 11.8 Å². The van der Waals surface area contributed by atoms with Crippen molar-refractivity contribution in [3.8, 4) is 0 Å². The van der Waals surface area contributed by atoms with Gasteiger partial charge in [0.1, 0.15) is 0 Å². The molecule has 0 saturated heterocycles. The van der Waals surface area contributed by atoms with Crippen molar-refractivity contribution in [1.29, 1.82) is 0 Å². The molecule has 0 fully saturated rings. The Morgan fingerprint density at radius 2 is 1.95 bits per heavy atom. The molecule has 1 aromatic rings. The second kappa shape index (κ2) is 7.59. The largest absolute Gasteiger partial charge is 0.480 e. The van der Waals surface area contributed by atoms with Crippen molar-refractivity contribution < 1.29 is 24.4 Å². The molecule has 1 unspecified atom stereocenters. The number of hydrogen-bond donors (Lipinski definition) is 1. The normalized spacial score (nSPS) is 11.7. The van der Waals surface area contributed by atoms with Crippen LogP contribution in [-0.2, 0) is 14.3 Å². The molecule has 0 saturated carbocycles. The Balaban J connectivity index is 2.87. The van der Waals surface area contributed by atoms with E-state index in [1.165, 1.54) is 12.1 Å². The van der Waals surface area contributed by atoms with Gasteiger partial charge in [-0.2, -0.15) is 0 Å². The Labute approximate surface area is 122 Å². The number of carboxylic acid groups (broad SMARTS) is 1. The number of esters is 1. The molecule has 1 atom stereocenters. The lowest BCUT2D eigenvalue weighted by molar-refractivity contribution is -0.384. The van der Waals surface area contributed by atoms with E-state index in [-0.39, 0.29) is 17.9 Å². The molecule has 20 heavy (non-hydrogen) atoms. The second-order valence-corrected chi connectivity index (χ2v) is 4.62. The zero-order valence-electron chi connectivity index (χ0n) is 10.3. The van der Waals surface area contributed by atoms with E-state index in [0.717, 1.165) is 12.1 Å². The smallest absolute Gasteiger partial charge is 0.324 e. The van der Waals surface area contributed by atoms with Gasteiger partial charge >= 0.3 is 11.9 Å². The second-order valence-electron chi connectivity index (χ2n) is 3.83. The number of nitro groups is 1. The number of hydrogen-bond acceptors (Lipinski definition) is 5. The van der Waals surface area contributed by atoms with Gasteiger partial charge in [0, 0.05) is 17.5 Å². The quantitative estimate of drug-likeness (QED) is 0.202. The molecule has 0 aliphatic rings. The van der Waals surface area contributed by atoms with Gasteiger partial charge in [0.05, 0.1) is 11.5 Å². The van der Waals surface area contributed by atoms with Crippen molar-refractivity contribution >= 4 is 33.6 Å². The molecular formula is C12H12BrNO6. The van der Waals surface area contributed by atoms with Crippen LogP contribution in [0.1, 0.15) is 17.9 Å². The minimum atomic E-state index is -1.48. The third kappa shape index (κ3) is 4.30. The number of nitrogens with zero attached hydrogens (tertiary/aromatic N) is 1. The van der Waals surface area contributed by atoms with Crippen LogP contribution in [0.15, 0.2) is 24.3 Å². The van der Waals surface area contributed by atoms with E-state index >= 15 is 0 Å². The summed E-state index contributed by atoms with van der Waals surface area (Å²) in [5.41, 5.74) is -0.0301. The Morgan fingerprint density at radius 1 is 1.35 bits per heavy atom. The molecule has 0 heterocycles. The monoisotopic (exact) mass is 345 g/mol.